The van der Waals surface area contributed by atoms with Crippen molar-refractivity contribution >= 4 is 38.1 Å². The Kier molecular flexibility index (Phi) is 5.63. The number of carbonyl (C=O) groups excluding carboxylic acids is 2. The second kappa shape index (κ2) is 6.80. The number of sulfone groups is 1. The topological polar surface area (TPSA) is 102 Å². The van der Waals surface area contributed by atoms with Crippen molar-refractivity contribution in [3.63, 3.8) is 0 Å². The number of carbonyl (C=O) groups is 2. The Hall–Kier alpha value is -1.48. The first-order chi connectivity index (χ1) is 9.24. The van der Waals surface area contributed by atoms with Crippen LogP contribution in [0, 0.1) is 0 Å². The molecule has 112 valence electrons. The summed E-state index contributed by atoms with van der Waals surface area (Å²) in [5, 5.41) is 3.10. The lowest BCUT2D eigenvalue weighted by atomic mass is 10.3. The maximum Gasteiger partial charge on any atom is 0.358 e. The van der Waals surface area contributed by atoms with E-state index in [0.29, 0.717) is 5.13 Å². The summed E-state index contributed by atoms with van der Waals surface area (Å²) in [5.41, 5.74) is -0.0359. The van der Waals surface area contributed by atoms with E-state index in [-0.39, 0.29) is 35.3 Å². The molecule has 0 aliphatic carbocycles. The second-order valence-corrected chi connectivity index (χ2v) is 7.29. The van der Waals surface area contributed by atoms with Crippen LogP contribution in [0.5, 0.6) is 0 Å². The standard InChI is InChI=1S/C11H16N2O5S2/c1-4-18-10(15)8-9(7(2)14)19-11(13-8)12-5-6-20(3,16)17/h4-6H2,1-3H3,(H,12,13). The summed E-state index contributed by atoms with van der Waals surface area (Å²) in [7, 11) is -3.08. The van der Waals surface area contributed by atoms with Crippen LogP contribution in [-0.2, 0) is 14.6 Å². The van der Waals surface area contributed by atoms with Gasteiger partial charge in [0.2, 0.25) is 0 Å². The minimum Gasteiger partial charge on any atom is -0.461 e. The van der Waals surface area contributed by atoms with Crippen LogP contribution in [0.1, 0.15) is 34.0 Å². The minimum atomic E-state index is -3.08. The van der Waals surface area contributed by atoms with E-state index < -0.39 is 15.8 Å². The highest BCUT2D eigenvalue weighted by Crippen LogP contribution is 2.24. The number of esters is 1. The smallest absolute Gasteiger partial charge is 0.358 e. The van der Waals surface area contributed by atoms with Crippen molar-refractivity contribution in [1.29, 1.82) is 0 Å². The predicted molar refractivity (Wildman–Crippen MR) is 76.3 cm³/mol. The maximum absolute atomic E-state index is 11.7. The van der Waals surface area contributed by atoms with Gasteiger partial charge >= 0.3 is 5.97 Å². The summed E-state index contributed by atoms with van der Waals surface area (Å²) in [4.78, 5) is 27.3. The van der Waals surface area contributed by atoms with E-state index in [2.05, 4.69) is 10.3 Å². The van der Waals surface area contributed by atoms with Gasteiger partial charge in [0.25, 0.3) is 0 Å². The number of nitrogens with zero attached hydrogens (tertiary/aromatic N) is 1. The zero-order valence-corrected chi connectivity index (χ0v) is 13.1. The molecule has 0 aliphatic rings. The number of rotatable bonds is 7. The van der Waals surface area contributed by atoms with Crippen molar-refractivity contribution in [2.45, 2.75) is 13.8 Å². The van der Waals surface area contributed by atoms with Gasteiger partial charge in [-0.15, -0.1) is 0 Å². The lowest BCUT2D eigenvalue weighted by molar-refractivity contribution is 0.0517. The molecule has 0 aromatic carbocycles. The van der Waals surface area contributed by atoms with E-state index in [1.54, 1.807) is 6.92 Å². The molecule has 1 rings (SSSR count). The number of ketones is 1. The molecule has 1 aromatic rings. The lowest BCUT2D eigenvalue weighted by Crippen LogP contribution is -2.14. The van der Waals surface area contributed by atoms with Gasteiger partial charge in [0.1, 0.15) is 14.7 Å². The van der Waals surface area contributed by atoms with Crippen LogP contribution in [0.25, 0.3) is 0 Å². The van der Waals surface area contributed by atoms with Crippen LogP contribution in [-0.4, -0.2) is 50.3 Å². The predicted octanol–water partition coefficient (Wildman–Crippen LogP) is 0.979. The summed E-state index contributed by atoms with van der Waals surface area (Å²) in [6.45, 7) is 3.33. The highest BCUT2D eigenvalue weighted by atomic mass is 32.2. The van der Waals surface area contributed by atoms with E-state index in [0.717, 1.165) is 17.6 Å². The first kappa shape index (κ1) is 16.6. The van der Waals surface area contributed by atoms with Crippen molar-refractivity contribution in [1.82, 2.24) is 4.98 Å². The number of ether oxygens (including phenoxy) is 1. The molecule has 1 heterocycles. The molecular weight excluding hydrogens is 304 g/mol. The molecular formula is C11H16N2O5S2. The number of aromatic nitrogens is 1. The molecule has 0 amide bonds. The number of anilines is 1. The number of hydrogen-bond acceptors (Lipinski definition) is 8. The molecule has 20 heavy (non-hydrogen) atoms. The third-order valence-corrected chi connectivity index (χ3v) is 4.22. The summed E-state index contributed by atoms with van der Waals surface area (Å²) < 4.78 is 26.8. The fraction of sp³-hybridized carbons (Fsp3) is 0.545. The van der Waals surface area contributed by atoms with Crippen molar-refractivity contribution in [3.05, 3.63) is 10.6 Å². The van der Waals surface area contributed by atoms with Gasteiger partial charge in [-0.1, -0.05) is 11.3 Å². The lowest BCUT2D eigenvalue weighted by Gasteiger charge is -2.00. The Morgan fingerprint density at radius 2 is 2.05 bits per heavy atom. The van der Waals surface area contributed by atoms with Gasteiger partial charge in [0.05, 0.1) is 12.4 Å². The van der Waals surface area contributed by atoms with Crippen LogP contribution in [0.4, 0.5) is 5.13 Å². The third kappa shape index (κ3) is 4.89. The van der Waals surface area contributed by atoms with E-state index in [4.69, 9.17) is 4.74 Å². The minimum absolute atomic E-state index is 0.0359. The molecule has 0 unspecified atom stereocenters. The Morgan fingerprint density at radius 3 is 2.55 bits per heavy atom. The Labute approximate surface area is 121 Å². The van der Waals surface area contributed by atoms with Crippen LogP contribution in [0.2, 0.25) is 0 Å². The fourth-order valence-electron chi connectivity index (χ4n) is 1.32. The molecule has 0 saturated carbocycles. The molecule has 0 fully saturated rings. The Bertz CT molecular complexity index is 606. The summed E-state index contributed by atoms with van der Waals surface area (Å²) >= 11 is 1.00. The van der Waals surface area contributed by atoms with Gasteiger partial charge in [-0.05, 0) is 6.92 Å². The van der Waals surface area contributed by atoms with Crippen molar-refractivity contribution in [2.24, 2.45) is 0 Å². The number of thiazole rings is 1. The quantitative estimate of drug-likeness (QED) is 0.590. The van der Waals surface area contributed by atoms with Gasteiger partial charge < -0.3 is 10.1 Å². The highest BCUT2D eigenvalue weighted by molar-refractivity contribution is 7.90. The van der Waals surface area contributed by atoms with E-state index in [1.807, 2.05) is 0 Å². The number of Topliss-reactive ketones (excluding diaryl/α,β-unsaturated/α-hetero) is 1. The van der Waals surface area contributed by atoms with Gasteiger partial charge in [-0.3, -0.25) is 4.79 Å². The summed E-state index contributed by atoms with van der Waals surface area (Å²) in [6.07, 6.45) is 1.13. The average molecular weight is 320 g/mol. The number of hydrogen-bond donors (Lipinski definition) is 1. The molecule has 0 bridgehead atoms. The molecule has 0 atom stereocenters. The first-order valence-electron chi connectivity index (χ1n) is 5.85. The molecule has 1 N–H and O–H groups in total. The van der Waals surface area contributed by atoms with Gasteiger partial charge in [0, 0.05) is 19.7 Å². The zero-order chi connectivity index (χ0) is 15.3. The zero-order valence-electron chi connectivity index (χ0n) is 11.4. The fourth-order valence-corrected chi connectivity index (χ4v) is 2.66. The summed E-state index contributed by atoms with van der Waals surface area (Å²) in [6, 6.07) is 0. The average Bonchev–Trinajstić information content (AvgIpc) is 2.72. The van der Waals surface area contributed by atoms with Crippen LogP contribution in [0.15, 0.2) is 0 Å². The van der Waals surface area contributed by atoms with E-state index >= 15 is 0 Å². The maximum atomic E-state index is 11.7. The van der Waals surface area contributed by atoms with Gasteiger partial charge in [-0.2, -0.15) is 0 Å². The summed E-state index contributed by atoms with van der Waals surface area (Å²) in [5.74, 6) is -1.01. The Morgan fingerprint density at radius 1 is 1.40 bits per heavy atom. The van der Waals surface area contributed by atoms with Crippen LogP contribution >= 0.6 is 11.3 Å². The molecule has 0 saturated heterocycles. The van der Waals surface area contributed by atoms with Crippen LogP contribution < -0.4 is 5.32 Å². The number of nitrogens with one attached hydrogen (secondary N) is 1. The van der Waals surface area contributed by atoms with E-state index in [1.165, 1.54) is 6.92 Å². The molecule has 1 aromatic heterocycles. The largest absolute Gasteiger partial charge is 0.461 e. The van der Waals surface area contributed by atoms with E-state index in [9.17, 15) is 18.0 Å². The van der Waals surface area contributed by atoms with Crippen molar-refractivity contribution in [3.8, 4) is 0 Å². The van der Waals surface area contributed by atoms with Gasteiger partial charge in [-0.25, -0.2) is 18.2 Å². The third-order valence-electron chi connectivity index (χ3n) is 2.16. The molecule has 0 radical (unpaired) electrons. The second-order valence-electron chi connectivity index (χ2n) is 4.03. The molecule has 9 heteroatoms. The molecule has 0 spiro atoms. The molecule has 0 aliphatic heterocycles. The Balaban J connectivity index is 2.86. The van der Waals surface area contributed by atoms with Crippen molar-refractivity contribution in [2.75, 3.05) is 30.5 Å². The van der Waals surface area contributed by atoms with Crippen LogP contribution in [0.3, 0.4) is 0 Å². The highest BCUT2D eigenvalue weighted by Gasteiger charge is 2.22. The monoisotopic (exact) mass is 320 g/mol. The first-order valence-corrected chi connectivity index (χ1v) is 8.72. The SMILES string of the molecule is CCOC(=O)c1nc(NCCS(C)(=O)=O)sc1C(C)=O. The van der Waals surface area contributed by atoms with Crippen molar-refractivity contribution < 1.29 is 22.7 Å². The normalized spacial score (nSPS) is 11.2. The van der Waals surface area contributed by atoms with Gasteiger partial charge in [0.15, 0.2) is 16.6 Å². The molecule has 7 nitrogen and oxygen atoms in total.